The highest BCUT2D eigenvalue weighted by Crippen LogP contribution is 2.27. The topological polar surface area (TPSA) is 58.9 Å². The Kier molecular flexibility index (Phi) is 5.90. The van der Waals surface area contributed by atoms with Crippen molar-refractivity contribution in [2.24, 2.45) is 11.1 Å². The van der Waals surface area contributed by atoms with Crippen LogP contribution in [0.4, 0.5) is 0 Å². The molecule has 0 atom stereocenters. The molecular formula is C12H21NO3. The first-order chi connectivity index (χ1) is 7.70. The molecule has 1 N–H and O–H groups in total. The van der Waals surface area contributed by atoms with E-state index in [9.17, 15) is 4.79 Å². The Hall–Kier alpha value is -1.06. The number of rotatable bonds is 6. The molecule has 1 fully saturated rings. The van der Waals surface area contributed by atoms with Crippen LogP contribution >= 0.6 is 0 Å². The molecule has 92 valence electrons. The number of hydrogen-bond donors (Lipinski definition) is 1. The van der Waals surface area contributed by atoms with Crippen molar-refractivity contribution in [1.29, 1.82) is 0 Å². The van der Waals surface area contributed by atoms with Crippen molar-refractivity contribution in [2.75, 3.05) is 6.61 Å². The fourth-order valence-electron chi connectivity index (χ4n) is 2.09. The number of aliphatic carboxylic acids is 1. The molecular weight excluding hydrogens is 206 g/mol. The van der Waals surface area contributed by atoms with E-state index in [0.29, 0.717) is 6.61 Å². The summed E-state index contributed by atoms with van der Waals surface area (Å²) in [4.78, 5) is 15.4. The first kappa shape index (κ1) is 13.0. The van der Waals surface area contributed by atoms with E-state index in [2.05, 4.69) is 5.16 Å². The number of nitrogens with zero attached hydrogens (tertiary/aromatic N) is 1. The maximum atomic E-state index is 10.4. The molecule has 4 nitrogen and oxygen atoms in total. The van der Waals surface area contributed by atoms with Crippen molar-refractivity contribution in [3.63, 3.8) is 0 Å². The number of carboxylic acids is 1. The van der Waals surface area contributed by atoms with E-state index in [1.54, 1.807) is 0 Å². The third-order valence-electron chi connectivity index (χ3n) is 3.08. The predicted octanol–water partition coefficient (Wildman–Crippen LogP) is 2.82. The van der Waals surface area contributed by atoms with Gasteiger partial charge >= 0.3 is 5.97 Å². The lowest BCUT2D eigenvalue weighted by Crippen LogP contribution is -2.09. The number of hydrogen-bond acceptors (Lipinski definition) is 3. The van der Waals surface area contributed by atoms with Crippen molar-refractivity contribution in [1.82, 2.24) is 0 Å². The largest absolute Gasteiger partial charge is 0.477 e. The van der Waals surface area contributed by atoms with Crippen LogP contribution in [0, 0.1) is 5.92 Å². The van der Waals surface area contributed by atoms with Crippen LogP contribution < -0.4 is 0 Å². The van der Waals surface area contributed by atoms with Gasteiger partial charge in [0.15, 0.2) is 5.71 Å². The van der Waals surface area contributed by atoms with Crippen LogP contribution in [-0.2, 0) is 9.63 Å². The molecule has 16 heavy (non-hydrogen) atoms. The van der Waals surface area contributed by atoms with E-state index >= 15 is 0 Å². The van der Waals surface area contributed by atoms with Crippen LogP contribution in [0.5, 0.6) is 0 Å². The maximum Gasteiger partial charge on any atom is 0.353 e. The Morgan fingerprint density at radius 2 is 2.06 bits per heavy atom. The molecule has 0 heterocycles. The maximum absolute atomic E-state index is 10.4. The monoisotopic (exact) mass is 227 g/mol. The molecule has 0 amide bonds. The molecule has 1 aliphatic rings. The molecule has 0 bridgehead atoms. The average Bonchev–Trinajstić information content (AvgIpc) is 2.29. The summed E-state index contributed by atoms with van der Waals surface area (Å²) in [5.74, 6) is -0.172. The van der Waals surface area contributed by atoms with Gasteiger partial charge < -0.3 is 9.94 Å². The van der Waals surface area contributed by atoms with Crippen LogP contribution in [-0.4, -0.2) is 23.4 Å². The summed E-state index contributed by atoms with van der Waals surface area (Å²) in [7, 11) is 0. The zero-order valence-corrected chi connectivity index (χ0v) is 9.95. The molecule has 4 heteroatoms. The van der Waals surface area contributed by atoms with Gasteiger partial charge in [0.2, 0.25) is 0 Å². The van der Waals surface area contributed by atoms with Crippen LogP contribution in [0.15, 0.2) is 5.16 Å². The minimum atomic E-state index is -1.02. The Balaban J connectivity index is 2.03. The van der Waals surface area contributed by atoms with Gasteiger partial charge in [0, 0.05) is 0 Å². The zero-order valence-electron chi connectivity index (χ0n) is 9.95. The Labute approximate surface area is 96.7 Å². The molecule has 0 radical (unpaired) electrons. The lowest BCUT2D eigenvalue weighted by Gasteiger charge is -2.20. The quantitative estimate of drug-likeness (QED) is 0.431. The van der Waals surface area contributed by atoms with Gasteiger partial charge in [0.05, 0.1) is 0 Å². The molecule has 0 aromatic rings. The van der Waals surface area contributed by atoms with E-state index in [1.807, 2.05) is 0 Å². The first-order valence-corrected chi connectivity index (χ1v) is 6.10. The van der Waals surface area contributed by atoms with Gasteiger partial charge in [-0.15, -0.1) is 0 Å². The van der Waals surface area contributed by atoms with E-state index in [0.717, 1.165) is 12.3 Å². The fourth-order valence-corrected chi connectivity index (χ4v) is 2.09. The van der Waals surface area contributed by atoms with Crippen LogP contribution in [0.1, 0.15) is 51.9 Å². The second kappa shape index (κ2) is 7.25. The van der Waals surface area contributed by atoms with E-state index in [4.69, 9.17) is 9.94 Å². The minimum Gasteiger partial charge on any atom is -0.477 e. The molecule has 0 unspecified atom stereocenters. The standard InChI is InChI=1S/C12H21NO3/c1-10(12(14)15)13-16-9-5-8-11-6-3-2-4-7-11/h11H,2-9H2,1H3,(H,14,15)/b13-10+. The van der Waals surface area contributed by atoms with Gasteiger partial charge in [-0.05, 0) is 25.7 Å². The third-order valence-corrected chi connectivity index (χ3v) is 3.08. The van der Waals surface area contributed by atoms with Gasteiger partial charge in [-0.2, -0.15) is 0 Å². The van der Waals surface area contributed by atoms with Gasteiger partial charge in [-0.25, -0.2) is 4.79 Å². The van der Waals surface area contributed by atoms with Crippen molar-refractivity contribution < 1.29 is 14.7 Å². The average molecular weight is 227 g/mol. The number of carboxylic acid groups (broad SMARTS) is 1. The summed E-state index contributed by atoms with van der Waals surface area (Å²) < 4.78 is 0. The van der Waals surface area contributed by atoms with Crippen LogP contribution in [0.2, 0.25) is 0 Å². The van der Waals surface area contributed by atoms with E-state index in [1.165, 1.54) is 45.4 Å². The lowest BCUT2D eigenvalue weighted by atomic mass is 9.86. The molecule has 0 aromatic heterocycles. The number of carbonyl (C=O) groups is 1. The molecule has 0 spiro atoms. The van der Waals surface area contributed by atoms with Crippen molar-refractivity contribution >= 4 is 11.7 Å². The minimum absolute atomic E-state index is 0.0117. The summed E-state index contributed by atoms with van der Waals surface area (Å²) in [6.45, 7) is 1.96. The van der Waals surface area contributed by atoms with Crippen LogP contribution in [0.3, 0.4) is 0 Å². The molecule has 1 aliphatic carbocycles. The smallest absolute Gasteiger partial charge is 0.353 e. The van der Waals surface area contributed by atoms with E-state index < -0.39 is 5.97 Å². The predicted molar refractivity (Wildman–Crippen MR) is 62.5 cm³/mol. The highest BCUT2D eigenvalue weighted by Gasteiger charge is 2.12. The zero-order chi connectivity index (χ0) is 11.8. The highest BCUT2D eigenvalue weighted by molar-refractivity contribution is 6.34. The molecule has 0 saturated heterocycles. The Morgan fingerprint density at radius 1 is 1.38 bits per heavy atom. The van der Waals surface area contributed by atoms with Crippen molar-refractivity contribution in [2.45, 2.75) is 51.9 Å². The summed E-state index contributed by atoms with van der Waals surface area (Å²) in [6.07, 6.45) is 8.95. The second-order valence-electron chi connectivity index (χ2n) is 4.46. The highest BCUT2D eigenvalue weighted by atomic mass is 16.6. The van der Waals surface area contributed by atoms with Crippen molar-refractivity contribution in [3.05, 3.63) is 0 Å². The van der Waals surface area contributed by atoms with Crippen molar-refractivity contribution in [3.8, 4) is 0 Å². The number of oxime groups is 1. The van der Waals surface area contributed by atoms with E-state index in [-0.39, 0.29) is 5.71 Å². The molecule has 1 saturated carbocycles. The first-order valence-electron chi connectivity index (χ1n) is 6.10. The summed E-state index contributed by atoms with van der Waals surface area (Å²) >= 11 is 0. The Morgan fingerprint density at radius 3 is 2.69 bits per heavy atom. The molecule has 0 aromatic carbocycles. The van der Waals surface area contributed by atoms with Gasteiger partial charge in [-0.3, -0.25) is 0 Å². The summed E-state index contributed by atoms with van der Waals surface area (Å²) in [5.41, 5.74) is 0.0117. The normalized spacial score (nSPS) is 18.4. The fraction of sp³-hybridized carbons (Fsp3) is 0.833. The van der Waals surface area contributed by atoms with Crippen LogP contribution in [0.25, 0.3) is 0 Å². The van der Waals surface area contributed by atoms with Gasteiger partial charge in [-0.1, -0.05) is 37.3 Å². The molecule has 0 aliphatic heterocycles. The van der Waals surface area contributed by atoms with Gasteiger partial charge in [0.1, 0.15) is 6.61 Å². The lowest BCUT2D eigenvalue weighted by molar-refractivity contribution is -0.129. The second-order valence-corrected chi connectivity index (χ2v) is 4.46. The Bertz CT molecular complexity index is 245. The summed E-state index contributed by atoms with van der Waals surface area (Å²) in [6, 6.07) is 0. The summed E-state index contributed by atoms with van der Waals surface area (Å²) in [5, 5.41) is 12.1. The van der Waals surface area contributed by atoms with Gasteiger partial charge in [0.25, 0.3) is 0 Å². The SMILES string of the molecule is C/C(=N\OCCCC1CCCCC1)C(=O)O. The third kappa shape index (κ3) is 5.14. The molecule has 1 rings (SSSR count).